The number of imidazole rings is 1. The van der Waals surface area contributed by atoms with Crippen molar-refractivity contribution in [2.45, 2.75) is 26.3 Å². The van der Waals surface area contributed by atoms with Gasteiger partial charge in [0.15, 0.2) is 0 Å². The second kappa shape index (κ2) is 12.1. The topological polar surface area (TPSA) is 165 Å². The average Bonchev–Trinajstić information content (AvgIpc) is 3.29. The van der Waals surface area contributed by atoms with Crippen molar-refractivity contribution in [2.75, 3.05) is 18.5 Å². The van der Waals surface area contributed by atoms with Crippen LogP contribution in [0.25, 0.3) is 16.9 Å². The van der Waals surface area contributed by atoms with Crippen molar-refractivity contribution in [3.05, 3.63) is 93.7 Å². The monoisotopic (exact) mass is 545 g/mol. The summed E-state index contributed by atoms with van der Waals surface area (Å²) in [6.45, 7) is 3.67. The second-order valence-electron chi connectivity index (χ2n) is 8.95. The summed E-state index contributed by atoms with van der Waals surface area (Å²) in [5.41, 5.74) is 3.13. The number of amides is 1. The van der Waals surface area contributed by atoms with Crippen LogP contribution in [0.4, 0.5) is 11.5 Å². The van der Waals surface area contributed by atoms with Gasteiger partial charge < -0.3 is 20.5 Å². The number of aryl methyl sites for hydroxylation is 1. The molecule has 2 aromatic heterocycles. The molecule has 2 heterocycles. The van der Waals surface area contributed by atoms with Crippen molar-refractivity contribution in [3.8, 4) is 11.3 Å². The van der Waals surface area contributed by atoms with Gasteiger partial charge in [0, 0.05) is 29.5 Å². The molecule has 0 saturated heterocycles. The number of ether oxygens (including phenoxy) is 1. The largest absolute Gasteiger partial charge is 0.481 e. The highest BCUT2D eigenvalue weighted by molar-refractivity contribution is 5.96. The standard InChI is InChI=1S/C28H27N5O7/c1-3-40-25(36)16-29-27-26(19-8-10-21(11-9-19)33(38)39)31-23-14-20(12-13-32(23)27)28(37)30-22(15-24(34)35)18-6-4-17(2)5-7-18/h4-14,22,29H,3,15-16H2,1-2H3,(H,30,37)(H,34,35). The van der Waals surface area contributed by atoms with Gasteiger partial charge in [-0.15, -0.1) is 0 Å². The van der Waals surface area contributed by atoms with Crippen LogP contribution in [0, 0.1) is 17.0 Å². The molecule has 1 atom stereocenters. The van der Waals surface area contributed by atoms with Crippen LogP contribution in [-0.2, 0) is 14.3 Å². The van der Waals surface area contributed by atoms with Crippen LogP contribution in [0.5, 0.6) is 0 Å². The summed E-state index contributed by atoms with van der Waals surface area (Å²) in [6, 6.07) is 15.4. The van der Waals surface area contributed by atoms with Gasteiger partial charge in [-0.3, -0.25) is 28.9 Å². The maximum Gasteiger partial charge on any atom is 0.325 e. The molecule has 0 radical (unpaired) electrons. The molecule has 1 amide bonds. The van der Waals surface area contributed by atoms with Crippen LogP contribution in [0.1, 0.15) is 40.9 Å². The van der Waals surface area contributed by atoms with E-state index in [9.17, 15) is 29.6 Å². The zero-order valence-corrected chi connectivity index (χ0v) is 21.8. The minimum Gasteiger partial charge on any atom is -0.481 e. The average molecular weight is 546 g/mol. The van der Waals surface area contributed by atoms with Crippen LogP contribution in [0.3, 0.4) is 0 Å². The molecule has 0 aliphatic carbocycles. The molecule has 0 bridgehead atoms. The minimum absolute atomic E-state index is 0.0861. The van der Waals surface area contributed by atoms with Gasteiger partial charge in [-0.25, -0.2) is 4.98 Å². The molecule has 4 aromatic rings. The zero-order valence-electron chi connectivity index (χ0n) is 21.8. The van der Waals surface area contributed by atoms with Gasteiger partial charge in [-0.05, 0) is 43.7 Å². The quantitative estimate of drug-likeness (QED) is 0.143. The molecular weight excluding hydrogens is 518 g/mol. The van der Waals surface area contributed by atoms with Gasteiger partial charge in [-0.2, -0.15) is 0 Å². The Morgan fingerprint density at radius 1 is 1.10 bits per heavy atom. The van der Waals surface area contributed by atoms with E-state index in [-0.39, 0.29) is 30.8 Å². The van der Waals surface area contributed by atoms with Crippen molar-refractivity contribution in [2.24, 2.45) is 0 Å². The predicted molar refractivity (Wildman–Crippen MR) is 146 cm³/mol. The van der Waals surface area contributed by atoms with E-state index < -0.39 is 28.8 Å². The number of rotatable bonds is 11. The molecule has 0 spiro atoms. The fraction of sp³-hybridized carbons (Fsp3) is 0.214. The summed E-state index contributed by atoms with van der Waals surface area (Å²) < 4.78 is 6.64. The number of carbonyl (C=O) groups excluding carboxylic acids is 2. The van der Waals surface area contributed by atoms with E-state index >= 15 is 0 Å². The fourth-order valence-electron chi connectivity index (χ4n) is 4.13. The Bertz CT molecular complexity index is 1560. The maximum absolute atomic E-state index is 13.2. The van der Waals surface area contributed by atoms with E-state index in [2.05, 4.69) is 15.6 Å². The summed E-state index contributed by atoms with van der Waals surface area (Å²) in [4.78, 5) is 51.9. The van der Waals surface area contributed by atoms with E-state index in [0.717, 1.165) is 5.56 Å². The first-order valence-corrected chi connectivity index (χ1v) is 12.4. The third kappa shape index (κ3) is 6.41. The molecule has 12 heteroatoms. The number of aromatic nitrogens is 2. The van der Waals surface area contributed by atoms with Crippen LogP contribution < -0.4 is 10.6 Å². The Hall–Kier alpha value is -5.26. The molecule has 1 unspecified atom stereocenters. The minimum atomic E-state index is -1.06. The molecule has 40 heavy (non-hydrogen) atoms. The molecule has 0 aliphatic heterocycles. The lowest BCUT2D eigenvalue weighted by atomic mass is 10.0. The third-order valence-corrected chi connectivity index (χ3v) is 6.11. The molecule has 0 fully saturated rings. The van der Waals surface area contributed by atoms with E-state index in [1.807, 2.05) is 19.1 Å². The zero-order chi connectivity index (χ0) is 28.8. The number of non-ortho nitro benzene ring substituents is 1. The third-order valence-electron chi connectivity index (χ3n) is 6.11. The summed E-state index contributed by atoms with van der Waals surface area (Å²) >= 11 is 0. The number of aliphatic carboxylic acids is 1. The van der Waals surface area contributed by atoms with Crippen LogP contribution in [0.15, 0.2) is 66.9 Å². The normalized spacial score (nSPS) is 11.6. The molecular formula is C28H27N5O7. The van der Waals surface area contributed by atoms with Crippen molar-refractivity contribution in [1.82, 2.24) is 14.7 Å². The van der Waals surface area contributed by atoms with E-state index in [1.165, 1.54) is 18.2 Å². The number of benzene rings is 2. The van der Waals surface area contributed by atoms with Crippen LogP contribution in [0.2, 0.25) is 0 Å². The van der Waals surface area contributed by atoms with Gasteiger partial charge >= 0.3 is 11.9 Å². The van der Waals surface area contributed by atoms with Crippen molar-refractivity contribution in [3.63, 3.8) is 0 Å². The Morgan fingerprint density at radius 2 is 1.80 bits per heavy atom. The summed E-state index contributed by atoms with van der Waals surface area (Å²) in [5.74, 6) is -1.61. The summed E-state index contributed by atoms with van der Waals surface area (Å²) in [6.07, 6.45) is 1.30. The SMILES string of the molecule is CCOC(=O)CNc1c(-c2ccc([N+](=O)[O-])cc2)nc2cc(C(=O)NC(CC(=O)O)c3ccc(C)cc3)ccn12. The first kappa shape index (κ1) is 27.8. The Morgan fingerprint density at radius 3 is 2.42 bits per heavy atom. The van der Waals surface area contributed by atoms with Crippen molar-refractivity contribution in [1.29, 1.82) is 0 Å². The van der Waals surface area contributed by atoms with E-state index in [0.29, 0.717) is 28.3 Å². The van der Waals surface area contributed by atoms with Gasteiger partial charge in [0.25, 0.3) is 11.6 Å². The maximum atomic E-state index is 13.2. The number of nitro groups is 1. The lowest BCUT2D eigenvalue weighted by molar-refractivity contribution is -0.384. The van der Waals surface area contributed by atoms with Gasteiger partial charge in [0.05, 0.1) is 24.0 Å². The molecule has 0 aliphatic rings. The highest BCUT2D eigenvalue weighted by atomic mass is 16.6. The van der Waals surface area contributed by atoms with E-state index in [1.54, 1.807) is 47.9 Å². The smallest absolute Gasteiger partial charge is 0.325 e. The molecule has 0 saturated carbocycles. The lowest BCUT2D eigenvalue weighted by Gasteiger charge is -2.18. The number of anilines is 1. The number of hydrogen-bond donors (Lipinski definition) is 3. The van der Waals surface area contributed by atoms with Crippen LogP contribution >= 0.6 is 0 Å². The Kier molecular flexibility index (Phi) is 8.38. The summed E-state index contributed by atoms with van der Waals surface area (Å²) in [5, 5.41) is 26.3. The predicted octanol–water partition coefficient (Wildman–Crippen LogP) is 4.14. The van der Waals surface area contributed by atoms with Crippen LogP contribution in [-0.4, -0.2) is 50.4 Å². The lowest BCUT2D eigenvalue weighted by Crippen LogP contribution is -2.30. The van der Waals surface area contributed by atoms with E-state index in [4.69, 9.17) is 4.74 Å². The second-order valence-corrected chi connectivity index (χ2v) is 8.95. The number of nitrogens with one attached hydrogen (secondary N) is 2. The molecule has 3 N–H and O–H groups in total. The van der Waals surface area contributed by atoms with Crippen molar-refractivity contribution >= 4 is 35.0 Å². The highest BCUT2D eigenvalue weighted by Crippen LogP contribution is 2.30. The van der Waals surface area contributed by atoms with Gasteiger partial charge in [-0.1, -0.05) is 29.8 Å². The van der Waals surface area contributed by atoms with Crippen molar-refractivity contribution < 1.29 is 29.2 Å². The number of hydrogen-bond acceptors (Lipinski definition) is 8. The molecule has 4 rings (SSSR count). The number of esters is 1. The fourth-order valence-corrected chi connectivity index (χ4v) is 4.13. The number of carboxylic acid groups (broad SMARTS) is 1. The first-order valence-electron chi connectivity index (χ1n) is 12.4. The Labute approximate surface area is 228 Å². The molecule has 2 aromatic carbocycles. The molecule has 12 nitrogen and oxygen atoms in total. The number of fused-ring (bicyclic) bond motifs is 1. The number of carboxylic acids is 1. The Balaban J connectivity index is 1.68. The van der Waals surface area contributed by atoms with Gasteiger partial charge in [0.2, 0.25) is 0 Å². The number of nitro benzene ring substituents is 1. The number of pyridine rings is 1. The van der Waals surface area contributed by atoms with Gasteiger partial charge in [0.1, 0.15) is 23.7 Å². The highest BCUT2D eigenvalue weighted by Gasteiger charge is 2.21. The summed E-state index contributed by atoms with van der Waals surface area (Å²) in [7, 11) is 0. The number of nitrogens with zero attached hydrogens (tertiary/aromatic N) is 3. The number of carbonyl (C=O) groups is 3. The molecule has 206 valence electrons. The first-order chi connectivity index (χ1) is 19.2.